The van der Waals surface area contributed by atoms with Crippen molar-refractivity contribution in [1.29, 1.82) is 0 Å². The number of fused-ring (bicyclic) bond motifs is 1. The van der Waals surface area contributed by atoms with Gasteiger partial charge in [-0.15, -0.1) is 0 Å². The third-order valence-corrected chi connectivity index (χ3v) is 4.35. The Morgan fingerprint density at radius 3 is 2.59 bits per heavy atom. The number of aryl methyl sites for hydroxylation is 2. The van der Waals surface area contributed by atoms with Crippen LogP contribution in [0.2, 0.25) is 0 Å². The zero-order valence-corrected chi connectivity index (χ0v) is 15.0. The van der Waals surface area contributed by atoms with Crippen LogP contribution in [-0.4, -0.2) is 20.4 Å². The molecular formula is C21H18N4O2. The number of rotatable bonds is 4. The number of imidazole rings is 1. The van der Waals surface area contributed by atoms with E-state index in [2.05, 4.69) is 15.3 Å². The van der Waals surface area contributed by atoms with Crippen LogP contribution in [0.4, 0.5) is 5.69 Å². The molecule has 6 nitrogen and oxygen atoms in total. The summed E-state index contributed by atoms with van der Waals surface area (Å²) >= 11 is 0. The van der Waals surface area contributed by atoms with Gasteiger partial charge in [0.05, 0.1) is 16.6 Å². The molecule has 0 aliphatic carbocycles. The van der Waals surface area contributed by atoms with Crippen LogP contribution in [0, 0.1) is 6.92 Å². The van der Waals surface area contributed by atoms with Gasteiger partial charge in [0, 0.05) is 31.2 Å². The van der Waals surface area contributed by atoms with E-state index in [0.29, 0.717) is 17.0 Å². The zero-order valence-electron chi connectivity index (χ0n) is 15.0. The number of nitrogens with zero attached hydrogens (tertiary/aromatic N) is 3. The molecule has 0 atom stereocenters. The fraction of sp³-hybridized carbons (Fsp3) is 0.0952. The van der Waals surface area contributed by atoms with Crippen molar-refractivity contribution in [2.24, 2.45) is 7.05 Å². The molecule has 134 valence electrons. The van der Waals surface area contributed by atoms with E-state index in [1.807, 2.05) is 48.9 Å². The first-order valence-corrected chi connectivity index (χ1v) is 8.52. The highest BCUT2D eigenvalue weighted by Gasteiger charge is 2.08. The lowest BCUT2D eigenvalue weighted by Gasteiger charge is -2.08. The summed E-state index contributed by atoms with van der Waals surface area (Å²) in [6.45, 7) is 1.97. The molecule has 1 N–H and O–H groups in total. The van der Waals surface area contributed by atoms with Crippen molar-refractivity contribution in [3.05, 3.63) is 78.4 Å². The van der Waals surface area contributed by atoms with Gasteiger partial charge in [0.25, 0.3) is 5.91 Å². The summed E-state index contributed by atoms with van der Waals surface area (Å²) in [4.78, 5) is 20.6. The maximum Gasteiger partial charge on any atom is 0.257 e. The van der Waals surface area contributed by atoms with E-state index in [0.717, 1.165) is 22.6 Å². The van der Waals surface area contributed by atoms with E-state index in [1.165, 1.54) is 6.20 Å². The third kappa shape index (κ3) is 3.50. The Morgan fingerprint density at radius 2 is 1.85 bits per heavy atom. The van der Waals surface area contributed by atoms with Gasteiger partial charge in [0.15, 0.2) is 0 Å². The van der Waals surface area contributed by atoms with Gasteiger partial charge in [-0.2, -0.15) is 0 Å². The Morgan fingerprint density at radius 1 is 1.07 bits per heavy atom. The van der Waals surface area contributed by atoms with E-state index >= 15 is 0 Å². The molecule has 0 bridgehead atoms. The van der Waals surface area contributed by atoms with E-state index in [1.54, 1.807) is 30.5 Å². The molecule has 0 saturated heterocycles. The Balaban J connectivity index is 1.48. The molecule has 0 aliphatic rings. The van der Waals surface area contributed by atoms with Gasteiger partial charge < -0.3 is 14.6 Å². The summed E-state index contributed by atoms with van der Waals surface area (Å²) in [7, 11) is 1.98. The van der Waals surface area contributed by atoms with Crippen molar-refractivity contribution in [3.8, 4) is 11.5 Å². The molecule has 1 amide bonds. The highest BCUT2D eigenvalue weighted by molar-refractivity contribution is 6.04. The molecule has 0 spiro atoms. The van der Waals surface area contributed by atoms with Gasteiger partial charge in [-0.1, -0.05) is 0 Å². The summed E-state index contributed by atoms with van der Waals surface area (Å²) in [6.07, 6.45) is 3.16. The van der Waals surface area contributed by atoms with Crippen LogP contribution in [0.1, 0.15) is 16.2 Å². The second-order valence-corrected chi connectivity index (χ2v) is 6.19. The highest BCUT2D eigenvalue weighted by Crippen LogP contribution is 2.26. The normalized spacial score (nSPS) is 10.7. The number of carbonyl (C=O) groups excluding carboxylic acids is 1. The Kier molecular flexibility index (Phi) is 4.30. The number of benzene rings is 2. The number of hydrogen-bond acceptors (Lipinski definition) is 4. The minimum atomic E-state index is -0.200. The van der Waals surface area contributed by atoms with Crippen molar-refractivity contribution in [2.45, 2.75) is 6.92 Å². The van der Waals surface area contributed by atoms with Gasteiger partial charge in [0.2, 0.25) is 0 Å². The molecule has 27 heavy (non-hydrogen) atoms. The smallest absolute Gasteiger partial charge is 0.257 e. The predicted molar refractivity (Wildman–Crippen MR) is 104 cm³/mol. The lowest BCUT2D eigenvalue weighted by molar-refractivity contribution is 0.102. The molecule has 2 heterocycles. The van der Waals surface area contributed by atoms with Crippen molar-refractivity contribution in [3.63, 3.8) is 0 Å². The number of carbonyl (C=O) groups is 1. The number of amides is 1. The van der Waals surface area contributed by atoms with Crippen molar-refractivity contribution in [1.82, 2.24) is 14.5 Å². The Hall–Kier alpha value is -3.67. The minimum Gasteiger partial charge on any atom is -0.457 e. The molecule has 0 saturated carbocycles. The maximum atomic E-state index is 12.2. The SMILES string of the molecule is Cc1nc2ccc(Oc3ccc(NC(=O)c4cccnc4)cc3)cc2n1C. The summed E-state index contributed by atoms with van der Waals surface area (Å²) < 4.78 is 7.96. The standard InChI is InChI=1S/C21H18N4O2/c1-14-23-19-10-9-18(12-20(19)25(14)2)27-17-7-5-16(6-8-17)24-21(26)15-4-3-11-22-13-15/h3-13H,1-2H3,(H,24,26). The molecule has 0 unspecified atom stereocenters. The largest absolute Gasteiger partial charge is 0.457 e. The van der Waals surface area contributed by atoms with Gasteiger partial charge in [0.1, 0.15) is 17.3 Å². The van der Waals surface area contributed by atoms with E-state index in [-0.39, 0.29) is 5.91 Å². The number of nitrogens with one attached hydrogen (secondary N) is 1. The van der Waals surface area contributed by atoms with Gasteiger partial charge in [-0.05, 0) is 55.5 Å². The summed E-state index contributed by atoms with van der Waals surface area (Å²) in [5, 5.41) is 2.84. The summed E-state index contributed by atoms with van der Waals surface area (Å²) in [6, 6.07) is 16.5. The number of anilines is 1. The van der Waals surface area contributed by atoms with Gasteiger partial charge in [-0.25, -0.2) is 4.98 Å². The van der Waals surface area contributed by atoms with Gasteiger partial charge in [-0.3, -0.25) is 9.78 Å². The number of hydrogen-bond donors (Lipinski definition) is 1. The molecule has 2 aromatic carbocycles. The average molecular weight is 358 g/mol. The zero-order chi connectivity index (χ0) is 18.8. The Labute approximate surface area is 156 Å². The molecule has 6 heteroatoms. The van der Waals surface area contributed by atoms with Crippen LogP contribution < -0.4 is 10.1 Å². The van der Waals surface area contributed by atoms with Crippen LogP contribution in [0.3, 0.4) is 0 Å². The number of aromatic nitrogens is 3. The van der Waals surface area contributed by atoms with Crippen LogP contribution in [0.15, 0.2) is 67.0 Å². The van der Waals surface area contributed by atoms with E-state index in [9.17, 15) is 4.79 Å². The first-order chi connectivity index (χ1) is 13.1. The lowest BCUT2D eigenvalue weighted by atomic mass is 10.2. The summed E-state index contributed by atoms with van der Waals surface area (Å²) in [5.41, 5.74) is 3.16. The molecule has 4 rings (SSSR count). The fourth-order valence-electron chi connectivity index (χ4n) is 2.80. The molecule has 4 aromatic rings. The van der Waals surface area contributed by atoms with Gasteiger partial charge >= 0.3 is 0 Å². The second kappa shape index (κ2) is 6.92. The van der Waals surface area contributed by atoms with E-state index < -0.39 is 0 Å². The van der Waals surface area contributed by atoms with Crippen molar-refractivity contribution in [2.75, 3.05) is 5.32 Å². The second-order valence-electron chi connectivity index (χ2n) is 6.19. The average Bonchev–Trinajstić information content (AvgIpc) is 2.98. The predicted octanol–water partition coefficient (Wildman–Crippen LogP) is 4.32. The quantitative estimate of drug-likeness (QED) is 0.590. The van der Waals surface area contributed by atoms with Crippen LogP contribution in [-0.2, 0) is 7.05 Å². The van der Waals surface area contributed by atoms with Crippen LogP contribution >= 0.6 is 0 Å². The molecular weight excluding hydrogens is 340 g/mol. The molecule has 0 radical (unpaired) electrons. The number of pyridine rings is 1. The molecule has 0 fully saturated rings. The van der Waals surface area contributed by atoms with Crippen molar-refractivity contribution < 1.29 is 9.53 Å². The minimum absolute atomic E-state index is 0.200. The molecule has 2 aromatic heterocycles. The van der Waals surface area contributed by atoms with Crippen molar-refractivity contribution >= 4 is 22.6 Å². The monoisotopic (exact) mass is 358 g/mol. The summed E-state index contributed by atoms with van der Waals surface area (Å²) in [5.74, 6) is 2.18. The number of ether oxygens (including phenoxy) is 1. The van der Waals surface area contributed by atoms with E-state index in [4.69, 9.17) is 4.74 Å². The first kappa shape index (κ1) is 16.8. The maximum absolute atomic E-state index is 12.2. The van der Waals surface area contributed by atoms with Crippen LogP contribution in [0.5, 0.6) is 11.5 Å². The highest BCUT2D eigenvalue weighted by atomic mass is 16.5. The first-order valence-electron chi connectivity index (χ1n) is 8.52. The molecule has 0 aliphatic heterocycles. The fourth-order valence-corrected chi connectivity index (χ4v) is 2.80. The Bertz CT molecular complexity index is 1100. The lowest BCUT2D eigenvalue weighted by Crippen LogP contribution is -2.11. The topological polar surface area (TPSA) is 69.0 Å². The third-order valence-electron chi connectivity index (χ3n) is 4.35. The van der Waals surface area contributed by atoms with Crippen LogP contribution in [0.25, 0.3) is 11.0 Å².